The van der Waals surface area contributed by atoms with Crippen LogP contribution in [0, 0.1) is 0 Å². The van der Waals surface area contributed by atoms with E-state index in [1.165, 1.54) is 56.3 Å². The molecule has 8 heteroatoms. The minimum atomic E-state index is -3.68. The first-order chi connectivity index (χ1) is 13.0. The van der Waals surface area contributed by atoms with Gasteiger partial charge >= 0.3 is 5.97 Å². The van der Waals surface area contributed by atoms with E-state index in [1.54, 1.807) is 0 Å². The zero-order valence-electron chi connectivity index (χ0n) is 18.7. The molecule has 0 spiro atoms. The third kappa shape index (κ3) is 13.5. The maximum absolute atomic E-state index is 12.5. The van der Waals surface area contributed by atoms with Crippen LogP contribution in [0.3, 0.4) is 0 Å². The second kappa shape index (κ2) is 14.3. The van der Waals surface area contributed by atoms with Gasteiger partial charge in [-0.3, -0.25) is 4.79 Å². The average molecular weight is 423 g/mol. The molecule has 0 aromatic rings. The highest BCUT2D eigenvalue weighted by molar-refractivity contribution is 7.87. The van der Waals surface area contributed by atoms with Gasteiger partial charge in [0.05, 0.1) is 40.2 Å². The molecule has 0 amide bonds. The predicted molar refractivity (Wildman–Crippen MR) is 115 cm³/mol. The van der Waals surface area contributed by atoms with Gasteiger partial charge in [-0.2, -0.15) is 12.7 Å². The van der Waals surface area contributed by atoms with Crippen LogP contribution in [0.1, 0.15) is 77.6 Å². The third-order valence-corrected chi connectivity index (χ3v) is 6.49. The molecular weight excluding hydrogens is 378 g/mol. The number of hydrogen-bond donors (Lipinski definition) is 2. The SMILES string of the molecule is CCCCCCCCCCCCN([C@H](CC(=O)O)C[N+](C)(C)C)S(=O)(=O)NC. The summed E-state index contributed by atoms with van der Waals surface area (Å²) in [4.78, 5) is 11.3. The van der Waals surface area contributed by atoms with E-state index in [9.17, 15) is 18.3 Å². The minimum Gasteiger partial charge on any atom is -0.481 e. The third-order valence-electron chi connectivity index (χ3n) is 4.87. The van der Waals surface area contributed by atoms with E-state index in [2.05, 4.69) is 11.6 Å². The van der Waals surface area contributed by atoms with Crippen molar-refractivity contribution in [1.82, 2.24) is 9.03 Å². The summed E-state index contributed by atoms with van der Waals surface area (Å²) in [6, 6.07) is -0.562. The molecule has 0 saturated heterocycles. The molecule has 0 unspecified atom stereocenters. The monoisotopic (exact) mass is 422 g/mol. The molecule has 0 bridgehead atoms. The van der Waals surface area contributed by atoms with E-state index in [-0.39, 0.29) is 6.42 Å². The quantitative estimate of drug-likeness (QED) is 0.262. The fraction of sp³-hybridized carbons (Fsp3) is 0.950. The number of likely N-dealkylation sites (N-methyl/N-ethyl adjacent to an activating group) is 1. The molecule has 0 heterocycles. The summed E-state index contributed by atoms with van der Waals surface area (Å²) >= 11 is 0. The highest BCUT2D eigenvalue weighted by atomic mass is 32.2. The van der Waals surface area contributed by atoms with Crippen LogP contribution in [0.5, 0.6) is 0 Å². The number of unbranched alkanes of at least 4 members (excludes halogenated alkanes) is 9. The molecule has 1 atom stereocenters. The summed E-state index contributed by atoms with van der Waals surface area (Å²) in [5, 5.41) is 9.27. The number of hydrogen-bond acceptors (Lipinski definition) is 3. The Labute approximate surface area is 173 Å². The molecule has 0 aliphatic carbocycles. The van der Waals surface area contributed by atoms with Gasteiger partial charge in [0.25, 0.3) is 10.2 Å². The van der Waals surface area contributed by atoms with Crippen LogP contribution in [0.4, 0.5) is 0 Å². The van der Waals surface area contributed by atoms with Crippen molar-refractivity contribution in [3.05, 3.63) is 0 Å². The van der Waals surface area contributed by atoms with Crippen LogP contribution >= 0.6 is 0 Å². The zero-order valence-corrected chi connectivity index (χ0v) is 19.6. The zero-order chi connectivity index (χ0) is 21.6. The number of rotatable bonds is 18. The van der Waals surface area contributed by atoms with Crippen molar-refractivity contribution in [2.75, 3.05) is 41.3 Å². The number of quaternary nitrogens is 1. The molecule has 28 heavy (non-hydrogen) atoms. The van der Waals surface area contributed by atoms with Crippen molar-refractivity contribution in [1.29, 1.82) is 0 Å². The van der Waals surface area contributed by atoms with Gasteiger partial charge in [0.2, 0.25) is 0 Å². The molecule has 0 aromatic carbocycles. The van der Waals surface area contributed by atoms with Crippen LogP contribution < -0.4 is 4.72 Å². The molecule has 0 radical (unpaired) electrons. The molecule has 2 N–H and O–H groups in total. The van der Waals surface area contributed by atoms with Gasteiger partial charge in [0.15, 0.2) is 0 Å². The molecule has 0 fully saturated rings. The summed E-state index contributed by atoms with van der Waals surface area (Å²) in [6.45, 7) is 3.03. The maximum Gasteiger partial charge on any atom is 0.305 e. The summed E-state index contributed by atoms with van der Waals surface area (Å²) < 4.78 is 29.3. The Morgan fingerprint density at radius 1 is 0.964 bits per heavy atom. The lowest BCUT2D eigenvalue weighted by Crippen LogP contribution is -2.54. The predicted octanol–water partition coefficient (Wildman–Crippen LogP) is 3.22. The Balaban J connectivity index is 4.58. The first kappa shape index (κ1) is 27.3. The van der Waals surface area contributed by atoms with Crippen molar-refractivity contribution in [2.45, 2.75) is 83.6 Å². The molecule has 0 aromatic heterocycles. The second-order valence-electron chi connectivity index (χ2n) is 8.73. The minimum absolute atomic E-state index is 0.186. The Morgan fingerprint density at radius 3 is 1.82 bits per heavy atom. The standard InChI is InChI=1S/C20H43N3O4S/c1-6-7-8-9-10-11-12-13-14-15-16-22(28(26,27)21-2)19(17-20(24)25)18-23(3,4)5/h19,21H,6-18H2,1-5H3/p+1/t19-/m1/s1. The summed E-state index contributed by atoms with van der Waals surface area (Å²) in [5.74, 6) is -0.974. The number of carboxylic acids is 1. The Hall–Kier alpha value is -0.700. The Bertz CT molecular complexity index is 518. The lowest BCUT2D eigenvalue weighted by molar-refractivity contribution is -0.872. The number of nitrogens with zero attached hydrogens (tertiary/aromatic N) is 2. The molecule has 0 aliphatic heterocycles. The van der Waals surface area contributed by atoms with Crippen molar-refractivity contribution in [3.63, 3.8) is 0 Å². The number of carbonyl (C=O) groups is 1. The Kier molecular flexibility index (Phi) is 14.0. The number of nitrogens with one attached hydrogen (secondary N) is 1. The average Bonchev–Trinajstić information content (AvgIpc) is 2.57. The highest BCUT2D eigenvalue weighted by Gasteiger charge is 2.33. The largest absolute Gasteiger partial charge is 0.481 e. The van der Waals surface area contributed by atoms with E-state index in [0.29, 0.717) is 17.6 Å². The molecule has 7 nitrogen and oxygen atoms in total. The van der Waals surface area contributed by atoms with Gasteiger partial charge in [0.1, 0.15) is 0 Å². The fourth-order valence-electron chi connectivity index (χ4n) is 3.46. The fourth-order valence-corrected chi connectivity index (χ4v) is 4.60. The van der Waals surface area contributed by atoms with Gasteiger partial charge in [-0.1, -0.05) is 64.7 Å². The van der Waals surface area contributed by atoms with Gasteiger partial charge in [-0.25, -0.2) is 4.72 Å². The summed E-state index contributed by atoms with van der Waals surface area (Å²) in [6.07, 6.45) is 11.6. The molecular formula is C20H44N3O4S+. The summed E-state index contributed by atoms with van der Waals surface area (Å²) in [7, 11) is 3.53. The van der Waals surface area contributed by atoms with Crippen molar-refractivity contribution in [2.24, 2.45) is 0 Å². The van der Waals surface area contributed by atoms with Crippen LogP contribution in [0.15, 0.2) is 0 Å². The van der Waals surface area contributed by atoms with Crippen LogP contribution in [0.25, 0.3) is 0 Å². The van der Waals surface area contributed by atoms with Crippen molar-refractivity contribution in [3.8, 4) is 0 Å². The normalized spacial score (nSPS) is 13.8. The smallest absolute Gasteiger partial charge is 0.305 e. The van der Waals surface area contributed by atoms with Gasteiger partial charge in [-0.15, -0.1) is 0 Å². The molecule has 0 saturated carbocycles. The lowest BCUT2D eigenvalue weighted by atomic mass is 10.1. The number of aliphatic carboxylic acids is 1. The highest BCUT2D eigenvalue weighted by Crippen LogP contribution is 2.16. The van der Waals surface area contributed by atoms with Crippen molar-refractivity contribution >= 4 is 16.2 Å². The second-order valence-corrected chi connectivity index (χ2v) is 10.6. The molecule has 168 valence electrons. The van der Waals surface area contributed by atoms with E-state index < -0.39 is 22.2 Å². The maximum atomic E-state index is 12.5. The van der Waals surface area contributed by atoms with Crippen LogP contribution in [-0.2, 0) is 15.0 Å². The molecule has 0 rings (SSSR count). The van der Waals surface area contributed by atoms with Gasteiger partial charge in [0, 0.05) is 13.6 Å². The van der Waals surface area contributed by atoms with Crippen LogP contribution in [-0.4, -0.2) is 75.6 Å². The first-order valence-corrected chi connectivity index (χ1v) is 12.2. The van der Waals surface area contributed by atoms with Crippen LogP contribution in [0.2, 0.25) is 0 Å². The van der Waals surface area contributed by atoms with Gasteiger partial charge < -0.3 is 9.59 Å². The van der Waals surface area contributed by atoms with E-state index in [1.807, 2.05) is 21.1 Å². The first-order valence-electron chi connectivity index (χ1n) is 10.8. The molecule has 0 aliphatic rings. The lowest BCUT2D eigenvalue weighted by Gasteiger charge is -2.34. The van der Waals surface area contributed by atoms with E-state index >= 15 is 0 Å². The van der Waals surface area contributed by atoms with E-state index in [0.717, 1.165) is 19.3 Å². The number of carboxylic acid groups (broad SMARTS) is 1. The topological polar surface area (TPSA) is 86.7 Å². The summed E-state index contributed by atoms with van der Waals surface area (Å²) in [5.41, 5.74) is 0. The Morgan fingerprint density at radius 2 is 1.43 bits per heavy atom. The van der Waals surface area contributed by atoms with Crippen molar-refractivity contribution < 1.29 is 22.8 Å². The van der Waals surface area contributed by atoms with Gasteiger partial charge in [-0.05, 0) is 6.42 Å². The van der Waals surface area contributed by atoms with E-state index in [4.69, 9.17) is 0 Å².